The Morgan fingerprint density at radius 3 is 2.81 bits per heavy atom. The predicted molar refractivity (Wildman–Crippen MR) is 61.6 cm³/mol. The standard InChI is InChI=1S/C11H21N3O2/c1-8(5-6-12)11(16)14-7-3-4-9(14)10(15)13-2/h8-9H,3-7,12H2,1-2H3,(H,13,15). The van der Waals surface area contributed by atoms with Gasteiger partial charge in [-0.3, -0.25) is 9.59 Å². The van der Waals surface area contributed by atoms with E-state index >= 15 is 0 Å². The van der Waals surface area contributed by atoms with E-state index in [0.29, 0.717) is 19.5 Å². The van der Waals surface area contributed by atoms with Crippen molar-refractivity contribution in [1.29, 1.82) is 0 Å². The fraction of sp³-hybridized carbons (Fsp3) is 0.818. The minimum atomic E-state index is -0.280. The molecule has 1 aliphatic rings. The van der Waals surface area contributed by atoms with Gasteiger partial charge in [0.1, 0.15) is 6.04 Å². The SMILES string of the molecule is CNC(=O)C1CCCN1C(=O)C(C)CCN. The fourth-order valence-corrected chi connectivity index (χ4v) is 2.13. The topological polar surface area (TPSA) is 75.4 Å². The number of carbonyl (C=O) groups is 2. The van der Waals surface area contributed by atoms with Gasteiger partial charge in [-0.1, -0.05) is 6.92 Å². The van der Waals surface area contributed by atoms with Gasteiger partial charge >= 0.3 is 0 Å². The van der Waals surface area contributed by atoms with Gasteiger partial charge in [-0.25, -0.2) is 0 Å². The molecule has 0 aromatic carbocycles. The molecule has 2 amide bonds. The number of nitrogens with one attached hydrogen (secondary N) is 1. The van der Waals surface area contributed by atoms with Crippen LogP contribution in [0.25, 0.3) is 0 Å². The van der Waals surface area contributed by atoms with Crippen molar-refractivity contribution < 1.29 is 9.59 Å². The summed E-state index contributed by atoms with van der Waals surface area (Å²) in [6, 6.07) is -0.280. The van der Waals surface area contributed by atoms with E-state index in [9.17, 15) is 9.59 Å². The molecule has 92 valence electrons. The maximum absolute atomic E-state index is 12.1. The average molecular weight is 227 g/mol. The summed E-state index contributed by atoms with van der Waals surface area (Å²) in [4.78, 5) is 25.3. The summed E-state index contributed by atoms with van der Waals surface area (Å²) in [7, 11) is 1.60. The summed E-state index contributed by atoms with van der Waals surface area (Å²) in [5, 5.41) is 2.61. The van der Waals surface area contributed by atoms with Crippen LogP contribution in [0.15, 0.2) is 0 Å². The first-order valence-electron chi connectivity index (χ1n) is 5.84. The summed E-state index contributed by atoms with van der Waals surface area (Å²) in [5.74, 6) is -0.0994. The molecule has 1 rings (SSSR count). The van der Waals surface area contributed by atoms with Crippen LogP contribution in [-0.4, -0.2) is 42.9 Å². The van der Waals surface area contributed by atoms with Gasteiger partial charge in [-0.2, -0.15) is 0 Å². The first kappa shape index (κ1) is 13.0. The number of rotatable bonds is 4. The Balaban J connectivity index is 2.64. The van der Waals surface area contributed by atoms with Crippen molar-refractivity contribution in [1.82, 2.24) is 10.2 Å². The lowest BCUT2D eigenvalue weighted by molar-refractivity contribution is -0.141. The number of hydrogen-bond donors (Lipinski definition) is 2. The Kier molecular flexibility index (Phi) is 4.73. The summed E-state index contributed by atoms with van der Waals surface area (Å²) < 4.78 is 0. The van der Waals surface area contributed by atoms with Crippen molar-refractivity contribution in [2.75, 3.05) is 20.1 Å². The number of likely N-dealkylation sites (N-methyl/N-ethyl adjacent to an activating group) is 1. The average Bonchev–Trinajstić information content (AvgIpc) is 2.76. The van der Waals surface area contributed by atoms with Gasteiger partial charge in [0.05, 0.1) is 0 Å². The highest BCUT2D eigenvalue weighted by Crippen LogP contribution is 2.20. The minimum Gasteiger partial charge on any atom is -0.357 e. The van der Waals surface area contributed by atoms with E-state index in [-0.39, 0.29) is 23.8 Å². The molecule has 0 saturated carbocycles. The number of carbonyl (C=O) groups excluding carboxylic acids is 2. The maximum Gasteiger partial charge on any atom is 0.242 e. The highest BCUT2D eigenvalue weighted by atomic mass is 16.2. The first-order chi connectivity index (χ1) is 7.61. The molecule has 1 saturated heterocycles. The number of nitrogens with two attached hydrogens (primary N) is 1. The summed E-state index contributed by atoms with van der Waals surface area (Å²) >= 11 is 0. The molecular formula is C11H21N3O2. The van der Waals surface area contributed by atoms with E-state index < -0.39 is 0 Å². The fourth-order valence-electron chi connectivity index (χ4n) is 2.13. The second-order valence-corrected chi connectivity index (χ2v) is 4.28. The van der Waals surface area contributed by atoms with Crippen molar-refractivity contribution in [2.45, 2.75) is 32.2 Å². The molecule has 1 fully saturated rings. The first-order valence-corrected chi connectivity index (χ1v) is 5.84. The normalized spacial score (nSPS) is 21.9. The van der Waals surface area contributed by atoms with Gasteiger partial charge in [-0.05, 0) is 25.8 Å². The minimum absolute atomic E-state index is 0.0524. The van der Waals surface area contributed by atoms with E-state index in [1.54, 1.807) is 11.9 Å². The molecule has 0 radical (unpaired) electrons. The number of hydrogen-bond acceptors (Lipinski definition) is 3. The highest BCUT2D eigenvalue weighted by Gasteiger charge is 2.34. The molecular weight excluding hydrogens is 206 g/mol. The van der Waals surface area contributed by atoms with Crippen molar-refractivity contribution in [3.8, 4) is 0 Å². The second-order valence-electron chi connectivity index (χ2n) is 4.28. The van der Waals surface area contributed by atoms with Crippen LogP contribution in [0.2, 0.25) is 0 Å². The van der Waals surface area contributed by atoms with Crippen molar-refractivity contribution in [2.24, 2.45) is 11.7 Å². The van der Waals surface area contributed by atoms with Gasteiger partial charge in [-0.15, -0.1) is 0 Å². The zero-order chi connectivity index (χ0) is 12.1. The van der Waals surface area contributed by atoms with E-state index in [2.05, 4.69) is 5.32 Å². The van der Waals surface area contributed by atoms with Crippen LogP contribution >= 0.6 is 0 Å². The lowest BCUT2D eigenvalue weighted by Crippen LogP contribution is -2.46. The Labute approximate surface area is 96.4 Å². The zero-order valence-corrected chi connectivity index (χ0v) is 10.0. The van der Waals surface area contributed by atoms with Crippen LogP contribution in [0.5, 0.6) is 0 Å². The summed E-state index contributed by atoms with van der Waals surface area (Å²) in [6.07, 6.45) is 2.34. The van der Waals surface area contributed by atoms with Crippen LogP contribution in [0.4, 0.5) is 0 Å². The molecule has 2 unspecified atom stereocenters. The molecule has 2 atom stereocenters. The Hall–Kier alpha value is -1.10. The molecule has 0 aliphatic carbocycles. The zero-order valence-electron chi connectivity index (χ0n) is 10.0. The molecule has 5 heteroatoms. The quantitative estimate of drug-likeness (QED) is 0.693. The van der Waals surface area contributed by atoms with Crippen LogP contribution in [0, 0.1) is 5.92 Å². The maximum atomic E-state index is 12.1. The third kappa shape index (κ3) is 2.72. The van der Waals surface area contributed by atoms with Crippen molar-refractivity contribution in [3.05, 3.63) is 0 Å². The Morgan fingerprint density at radius 2 is 2.25 bits per heavy atom. The van der Waals surface area contributed by atoms with Crippen molar-refractivity contribution >= 4 is 11.8 Å². The lowest BCUT2D eigenvalue weighted by atomic mass is 10.1. The van der Waals surface area contributed by atoms with Gasteiger partial charge in [0.25, 0.3) is 0 Å². The van der Waals surface area contributed by atoms with Gasteiger partial charge in [0.2, 0.25) is 11.8 Å². The van der Waals surface area contributed by atoms with E-state index in [0.717, 1.165) is 12.8 Å². The van der Waals surface area contributed by atoms with Crippen molar-refractivity contribution in [3.63, 3.8) is 0 Å². The number of nitrogens with zero attached hydrogens (tertiary/aromatic N) is 1. The molecule has 1 aliphatic heterocycles. The summed E-state index contributed by atoms with van der Waals surface area (Å²) in [5.41, 5.74) is 5.44. The van der Waals surface area contributed by atoms with Crippen LogP contribution in [0.1, 0.15) is 26.2 Å². The highest BCUT2D eigenvalue weighted by molar-refractivity contribution is 5.88. The molecule has 1 heterocycles. The summed E-state index contributed by atoms with van der Waals surface area (Å²) in [6.45, 7) is 3.06. The van der Waals surface area contributed by atoms with E-state index in [1.165, 1.54) is 0 Å². The largest absolute Gasteiger partial charge is 0.357 e. The van der Waals surface area contributed by atoms with Gasteiger partial charge in [0.15, 0.2) is 0 Å². The monoisotopic (exact) mass is 227 g/mol. The van der Waals surface area contributed by atoms with E-state index in [4.69, 9.17) is 5.73 Å². The van der Waals surface area contributed by atoms with Crippen LogP contribution in [-0.2, 0) is 9.59 Å². The second kappa shape index (κ2) is 5.84. The lowest BCUT2D eigenvalue weighted by Gasteiger charge is -2.26. The van der Waals surface area contributed by atoms with E-state index in [1.807, 2.05) is 6.92 Å². The Bertz CT molecular complexity index is 268. The predicted octanol–water partition coefficient (Wildman–Crippen LogP) is -0.292. The molecule has 16 heavy (non-hydrogen) atoms. The smallest absolute Gasteiger partial charge is 0.242 e. The number of likely N-dealkylation sites (tertiary alicyclic amines) is 1. The molecule has 0 spiro atoms. The molecule has 0 aromatic rings. The van der Waals surface area contributed by atoms with Crippen LogP contribution < -0.4 is 11.1 Å². The third-order valence-corrected chi connectivity index (χ3v) is 3.11. The van der Waals surface area contributed by atoms with Crippen LogP contribution in [0.3, 0.4) is 0 Å². The molecule has 0 aromatic heterocycles. The Morgan fingerprint density at radius 1 is 1.56 bits per heavy atom. The molecule has 0 bridgehead atoms. The van der Waals surface area contributed by atoms with Gasteiger partial charge < -0.3 is 16.0 Å². The third-order valence-electron chi connectivity index (χ3n) is 3.11. The molecule has 5 nitrogen and oxygen atoms in total. The number of amides is 2. The van der Waals surface area contributed by atoms with Gasteiger partial charge in [0, 0.05) is 19.5 Å². The molecule has 3 N–H and O–H groups in total.